The van der Waals surface area contributed by atoms with E-state index in [0.717, 1.165) is 46.1 Å². The standard InChI is InChI=1S/C24H22N4O2/c1-14-19-8-3-4-9-21(19)25-15(2)20(14)13-22(29)26-18-7-5-6-17(12-18)23-27-24(30-28-23)16-10-11-16/h3-9,12,16H,10-11,13H2,1-2H3,(H,26,29). The SMILES string of the molecule is Cc1nc2ccccc2c(C)c1CC(=O)Nc1cccc(-c2noc(C3CC3)n2)c1. The van der Waals surface area contributed by atoms with E-state index in [2.05, 4.69) is 20.4 Å². The lowest BCUT2D eigenvalue weighted by Gasteiger charge is -2.13. The molecule has 2 aromatic heterocycles. The fourth-order valence-electron chi connectivity index (χ4n) is 3.78. The van der Waals surface area contributed by atoms with Crippen LogP contribution in [0.5, 0.6) is 0 Å². The Morgan fingerprint density at radius 3 is 2.77 bits per heavy atom. The second-order valence-electron chi connectivity index (χ2n) is 7.85. The number of nitrogens with one attached hydrogen (secondary N) is 1. The number of aryl methyl sites for hydroxylation is 2. The van der Waals surface area contributed by atoms with Gasteiger partial charge in [0.05, 0.1) is 11.9 Å². The Morgan fingerprint density at radius 2 is 1.93 bits per heavy atom. The molecule has 0 saturated heterocycles. The largest absolute Gasteiger partial charge is 0.339 e. The van der Waals surface area contributed by atoms with Gasteiger partial charge in [0.15, 0.2) is 0 Å². The molecule has 1 aliphatic rings. The van der Waals surface area contributed by atoms with Crippen molar-refractivity contribution in [2.75, 3.05) is 5.32 Å². The highest BCUT2D eigenvalue weighted by molar-refractivity contribution is 5.94. The Hall–Kier alpha value is -3.54. The van der Waals surface area contributed by atoms with Crippen molar-refractivity contribution in [3.05, 3.63) is 71.2 Å². The predicted octanol–water partition coefficient (Wildman–Crippen LogP) is 4.96. The van der Waals surface area contributed by atoms with E-state index >= 15 is 0 Å². The second-order valence-corrected chi connectivity index (χ2v) is 7.85. The van der Waals surface area contributed by atoms with Crippen LogP contribution < -0.4 is 5.32 Å². The number of hydrogen-bond acceptors (Lipinski definition) is 5. The maximum Gasteiger partial charge on any atom is 0.230 e. The molecule has 0 spiro atoms. The molecular formula is C24H22N4O2. The number of rotatable bonds is 5. The minimum atomic E-state index is -0.0813. The Morgan fingerprint density at radius 1 is 1.10 bits per heavy atom. The summed E-state index contributed by atoms with van der Waals surface area (Å²) in [5, 5.41) is 8.15. The smallest absolute Gasteiger partial charge is 0.230 e. The van der Waals surface area contributed by atoms with E-state index in [1.807, 2.05) is 62.4 Å². The fraction of sp³-hybridized carbons (Fsp3) is 0.250. The number of fused-ring (bicyclic) bond motifs is 1. The van der Waals surface area contributed by atoms with Crippen molar-refractivity contribution < 1.29 is 9.32 Å². The number of pyridine rings is 1. The highest BCUT2D eigenvalue weighted by atomic mass is 16.5. The summed E-state index contributed by atoms with van der Waals surface area (Å²) in [6, 6.07) is 15.5. The average molecular weight is 398 g/mol. The number of para-hydroxylation sites is 1. The molecule has 4 aromatic rings. The Labute approximate surface area is 174 Å². The molecule has 1 aliphatic carbocycles. The second kappa shape index (κ2) is 7.37. The molecule has 0 unspecified atom stereocenters. The molecule has 2 aromatic carbocycles. The topological polar surface area (TPSA) is 80.9 Å². The van der Waals surface area contributed by atoms with E-state index in [1.54, 1.807) is 0 Å². The number of nitrogens with zero attached hydrogens (tertiary/aromatic N) is 3. The van der Waals surface area contributed by atoms with Gasteiger partial charge >= 0.3 is 0 Å². The molecule has 6 nitrogen and oxygen atoms in total. The van der Waals surface area contributed by atoms with Crippen LogP contribution in [0, 0.1) is 13.8 Å². The predicted molar refractivity (Wildman–Crippen MR) is 115 cm³/mol. The third-order valence-corrected chi connectivity index (χ3v) is 5.60. The molecule has 30 heavy (non-hydrogen) atoms. The number of carbonyl (C=O) groups excluding carboxylic acids is 1. The van der Waals surface area contributed by atoms with Crippen LogP contribution in [0.1, 0.15) is 41.5 Å². The zero-order chi connectivity index (χ0) is 20.7. The summed E-state index contributed by atoms with van der Waals surface area (Å²) < 4.78 is 5.35. The van der Waals surface area contributed by atoms with Crippen molar-refractivity contribution in [3.63, 3.8) is 0 Å². The number of anilines is 1. The summed E-state index contributed by atoms with van der Waals surface area (Å²) in [5.74, 6) is 1.59. The molecule has 0 bridgehead atoms. The van der Waals surface area contributed by atoms with E-state index in [9.17, 15) is 4.79 Å². The van der Waals surface area contributed by atoms with Gasteiger partial charge in [-0.2, -0.15) is 4.98 Å². The molecule has 1 saturated carbocycles. The minimum Gasteiger partial charge on any atom is -0.339 e. The molecular weight excluding hydrogens is 376 g/mol. The van der Waals surface area contributed by atoms with Crippen molar-refractivity contribution in [1.82, 2.24) is 15.1 Å². The van der Waals surface area contributed by atoms with Gasteiger partial charge in [0, 0.05) is 28.2 Å². The molecule has 2 heterocycles. The van der Waals surface area contributed by atoms with Crippen LogP contribution >= 0.6 is 0 Å². The summed E-state index contributed by atoms with van der Waals surface area (Å²) in [4.78, 5) is 21.9. The zero-order valence-corrected chi connectivity index (χ0v) is 17.0. The van der Waals surface area contributed by atoms with Crippen LogP contribution in [-0.4, -0.2) is 21.0 Å². The van der Waals surface area contributed by atoms with E-state index in [0.29, 0.717) is 23.3 Å². The zero-order valence-electron chi connectivity index (χ0n) is 17.0. The number of aromatic nitrogens is 3. The van der Waals surface area contributed by atoms with E-state index in [-0.39, 0.29) is 12.3 Å². The molecule has 0 radical (unpaired) electrons. The summed E-state index contributed by atoms with van der Waals surface area (Å²) >= 11 is 0. The van der Waals surface area contributed by atoms with Crippen LogP contribution in [0.25, 0.3) is 22.3 Å². The van der Waals surface area contributed by atoms with Crippen molar-refractivity contribution in [3.8, 4) is 11.4 Å². The molecule has 150 valence electrons. The van der Waals surface area contributed by atoms with Crippen LogP contribution in [-0.2, 0) is 11.2 Å². The fourth-order valence-corrected chi connectivity index (χ4v) is 3.78. The van der Waals surface area contributed by atoms with Crippen molar-refractivity contribution in [1.29, 1.82) is 0 Å². The molecule has 5 rings (SSSR count). The van der Waals surface area contributed by atoms with E-state index in [1.165, 1.54) is 0 Å². The minimum absolute atomic E-state index is 0.0813. The molecule has 6 heteroatoms. The number of hydrogen-bond donors (Lipinski definition) is 1. The van der Waals surface area contributed by atoms with Crippen LogP contribution in [0.3, 0.4) is 0 Å². The maximum absolute atomic E-state index is 12.8. The Bertz CT molecular complexity index is 1260. The molecule has 1 N–H and O–H groups in total. The quantitative estimate of drug-likeness (QED) is 0.514. The van der Waals surface area contributed by atoms with Gasteiger partial charge in [-0.15, -0.1) is 0 Å². The summed E-state index contributed by atoms with van der Waals surface area (Å²) in [7, 11) is 0. The summed E-state index contributed by atoms with van der Waals surface area (Å²) in [5.41, 5.74) is 5.43. The van der Waals surface area contributed by atoms with Crippen molar-refractivity contribution in [2.24, 2.45) is 0 Å². The lowest BCUT2D eigenvalue weighted by Crippen LogP contribution is -2.16. The number of benzene rings is 2. The molecule has 1 amide bonds. The van der Waals surface area contributed by atoms with Gasteiger partial charge < -0.3 is 9.84 Å². The van der Waals surface area contributed by atoms with Gasteiger partial charge in [-0.05, 0) is 56.0 Å². The number of carbonyl (C=O) groups is 1. The lowest BCUT2D eigenvalue weighted by molar-refractivity contribution is -0.115. The lowest BCUT2D eigenvalue weighted by atomic mass is 9.99. The first-order valence-corrected chi connectivity index (χ1v) is 10.2. The Balaban J connectivity index is 1.35. The van der Waals surface area contributed by atoms with Gasteiger partial charge in [0.25, 0.3) is 0 Å². The van der Waals surface area contributed by atoms with Crippen molar-refractivity contribution >= 4 is 22.5 Å². The highest BCUT2D eigenvalue weighted by Gasteiger charge is 2.29. The highest BCUT2D eigenvalue weighted by Crippen LogP contribution is 2.39. The Kier molecular flexibility index (Phi) is 4.54. The van der Waals surface area contributed by atoms with Gasteiger partial charge in [-0.1, -0.05) is 35.5 Å². The third kappa shape index (κ3) is 3.56. The van der Waals surface area contributed by atoms with Gasteiger partial charge in [0.2, 0.25) is 17.6 Å². The van der Waals surface area contributed by atoms with Gasteiger partial charge in [-0.25, -0.2) is 0 Å². The van der Waals surface area contributed by atoms with Gasteiger partial charge in [-0.3, -0.25) is 9.78 Å². The van der Waals surface area contributed by atoms with E-state index < -0.39 is 0 Å². The van der Waals surface area contributed by atoms with Crippen LogP contribution in [0.2, 0.25) is 0 Å². The molecule has 0 aliphatic heterocycles. The summed E-state index contributed by atoms with van der Waals surface area (Å²) in [6.45, 7) is 4.00. The van der Waals surface area contributed by atoms with E-state index in [4.69, 9.17) is 4.52 Å². The average Bonchev–Trinajstić information content (AvgIpc) is 3.48. The maximum atomic E-state index is 12.8. The van der Waals surface area contributed by atoms with Crippen LogP contribution in [0.4, 0.5) is 5.69 Å². The summed E-state index contributed by atoms with van der Waals surface area (Å²) in [6.07, 6.45) is 2.49. The monoisotopic (exact) mass is 398 g/mol. The normalized spacial score (nSPS) is 13.5. The van der Waals surface area contributed by atoms with Gasteiger partial charge in [0.1, 0.15) is 0 Å². The first kappa shape index (κ1) is 18.5. The number of amides is 1. The third-order valence-electron chi connectivity index (χ3n) is 5.60. The van der Waals surface area contributed by atoms with Crippen LogP contribution in [0.15, 0.2) is 53.1 Å². The first-order valence-electron chi connectivity index (χ1n) is 10.2. The molecule has 0 atom stereocenters. The first-order chi connectivity index (χ1) is 14.6. The molecule has 1 fully saturated rings. The van der Waals surface area contributed by atoms with Crippen molar-refractivity contribution in [2.45, 2.75) is 39.0 Å².